The predicted octanol–water partition coefficient (Wildman–Crippen LogP) is 4.54. The quantitative estimate of drug-likeness (QED) is 0.559. The van der Waals surface area contributed by atoms with Crippen molar-refractivity contribution < 1.29 is 19.1 Å². The topological polar surface area (TPSA) is 88.1 Å². The number of nitrogens with zero attached hydrogens (tertiary/aromatic N) is 2. The Balaban J connectivity index is 1.35. The van der Waals surface area contributed by atoms with Crippen LogP contribution in [-0.4, -0.2) is 53.3 Å². The number of benzene rings is 1. The smallest absolute Gasteiger partial charge is 0.338 e. The van der Waals surface area contributed by atoms with Crippen molar-refractivity contribution in [2.24, 2.45) is 28.2 Å². The van der Waals surface area contributed by atoms with Gasteiger partial charge in [0.15, 0.2) is 5.17 Å². The summed E-state index contributed by atoms with van der Waals surface area (Å²) in [6, 6.07) is 6.88. The monoisotopic (exact) mass is 497 g/mol. The number of carbonyl (C=O) groups excluding carboxylic acids is 3. The number of amides is 2. The second-order valence-corrected chi connectivity index (χ2v) is 12.0. The van der Waals surface area contributed by atoms with E-state index in [9.17, 15) is 14.4 Å². The molecular weight excluding hydrogens is 462 g/mol. The molecule has 4 bridgehead atoms. The minimum atomic E-state index is -0.485. The second-order valence-electron chi connectivity index (χ2n) is 10.8. The van der Waals surface area contributed by atoms with Gasteiger partial charge >= 0.3 is 5.97 Å². The van der Waals surface area contributed by atoms with E-state index in [2.05, 4.69) is 5.32 Å². The van der Waals surface area contributed by atoms with Gasteiger partial charge in [0.1, 0.15) is 0 Å². The maximum atomic E-state index is 13.2. The van der Waals surface area contributed by atoms with Gasteiger partial charge in [-0.15, -0.1) is 0 Å². The number of ether oxygens (including phenoxy) is 1. The van der Waals surface area contributed by atoms with E-state index in [0.717, 1.165) is 24.2 Å². The van der Waals surface area contributed by atoms with Crippen LogP contribution in [0.5, 0.6) is 0 Å². The first-order chi connectivity index (χ1) is 16.9. The van der Waals surface area contributed by atoms with E-state index in [-0.39, 0.29) is 24.2 Å². The molecule has 4 aliphatic carbocycles. The van der Waals surface area contributed by atoms with Gasteiger partial charge in [0.05, 0.1) is 23.1 Å². The zero-order chi connectivity index (χ0) is 24.6. The van der Waals surface area contributed by atoms with E-state index >= 15 is 0 Å². The Morgan fingerprint density at radius 2 is 1.74 bits per heavy atom. The number of hydrogen-bond acceptors (Lipinski definition) is 6. The summed E-state index contributed by atoms with van der Waals surface area (Å²) in [5, 5.41) is 2.76. The van der Waals surface area contributed by atoms with E-state index in [1.165, 1.54) is 50.3 Å². The fraction of sp³-hybridized carbons (Fsp3) is 0.630. The molecule has 1 aliphatic heterocycles. The Morgan fingerprint density at radius 3 is 2.31 bits per heavy atom. The highest BCUT2D eigenvalue weighted by Gasteiger charge is 2.51. The number of aliphatic imine (C=N–C) groups is 1. The van der Waals surface area contributed by atoms with Crippen LogP contribution in [0, 0.1) is 23.2 Å². The molecule has 1 atom stereocenters. The Hall–Kier alpha value is -2.35. The standard InChI is InChI=1S/C27H35N3O4S/c1-3-34-25(33)20-4-6-21(7-5-20)29-26-30(23(31)13-22(35-26)24(32)28-2)9-8-27-14-17-10-18(15-27)12-19(11-17)16-27/h4-7,17-19,22H,3,8-16H2,1-2H3,(H,28,32)/t17?,18?,19?,22-,27?/m0/s1. The third-order valence-electron chi connectivity index (χ3n) is 8.31. The molecule has 5 aliphatic rings. The average Bonchev–Trinajstić information content (AvgIpc) is 2.82. The van der Waals surface area contributed by atoms with Gasteiger partial charge in [-0.25, -0.2) is 9.79 Å². The van der Waals surface area contributed by atoms with Crippen molar-refractivity contribution >= 4 is 40.4 Å². The van der Waals surface area contributed by atoms with Gasteiger partial charge in [0.2, 0.25) is 11.8 Å². The molecule has 8 heteroatoms. The van der Waals surface area contributed by atoms with E-state index in [0.29, 0.717) is 35.0 Å². The Bertz CT molecular complexity index is 986. The zero-order valence-electron chi connectivity index (χ0n) is 20.6. The molecule has 1 aromatic rings. The van der Waals surface area contributed by atoms with Crippen LogP contribution in [0.1, 0.15) is 68.6 Å². The van der Waals surface area contributed by atoms with Crippen molar-refractivity contribution in [3.63, 3.8) is 0 Å². The molecule has 0 unspecified atom stereocenters. The maximum Gasteiger partial charge on any atom is 0.338 e. The highest BCUT2D eigenvalue weighted by atomic mass is 32.2. The summed E-state index contributed by atoms with van der Waals surface area (Å²) in [6.07, 6.45) is 9.31. The Labute approximate surface area is 211 Å². The lowest BCUT2D eigenvalue weighted by Crippen LogP contribution is -2.50. The molecule has 0 spiro atoms. The van der Waals surface area contributed by atoms with Gasteiger partial charge in [0.25, 0.3) is 0 Å². The van der Waals surface area contributed by atoms with Crippen LogP contribution in [-0.2, 0) is 14.3 Å². The van der Waals surface area contributed by atoms with E-state index in [1.807, 2.05) is 4.90 Å². The van der Waals surface area contributed by atoms with Gasteiger partial charge < -0.3 is 10.1 Å². The van der Waals surface area contributed by atoms with Crippen LogP contribution in [0.15, 0.2) is 29.3 Å². The third kappa shape index (κ3) is 5.13. The van der Waals surface area contributed by atoms with Gasteiger partial charge in [-0.3, -0.25) is 14.5 Å². The fourth-order valence-corrected chi connectivity index (χ4v) is 8.35. The minimum absolute atomic E-state index is 0.0380. The van der Waals surface area contributed by atoms with Gasteiger partial charge in [-0.05, 0) is 99.3 Å². The molecule has 4 saturated carbocycles. The van der Waals surface area contributed by atoms with Crippen molar-refractivity contribution in [3.8, 4) is 0 Å². The fourth-order valence-electron chi connectivity index (χ4n) is 7.16. The lowest BCUT2D eigenvalue weighted by molar-refractivity contribution is -0.131. The van der Waals surface area contributed by atoms with Gasteiger partial charge in [0, 0.05) is 20.0 Å². The first-order valence-corrected chi connectivity index (χ1v) is 13.8. The molecule has 7 nitrogen and oxygen atoms in total. The predicted molar refractivity (Wildman–Crippen MR) is 136 cm³/mol. The maximum absolute atomic E-state index is 13.2. The van der Waals surface area contributed by atoms with Crippen molar-refractivity contribution in [1.29, 1.82) is 0 Å². The van der Waals surface area contributed by atoms with E-state index in [4.69, 9.17) is 9.73 Å². The molecule has 188 valence electrons. The van der Waals surface area contributed by atoms with Gasteiger partial charge in [-0.2, -0.15) is 0 Å². The van der Waals surface area contributed by atoms with Crippen molar-refractivity contribution in [3.05, 3.63) is 29.8 Å². The molecule has 0 aromatic heterocycles. The van der Waals surface area contributed by atoms with Crippen molar-refractivity contribution in [2.45, 2.75) is 63.5 Å². The molecule has 6 rings (SSSR count). The van der Waals surface area contributed by atoms with Crippen LogP contribution in [0.3, 0.4) is 0 Å². The summed E-state index contributed by atoms with van der Waals surface area (Å²) < 4.78 is 5.06. The molecular formula is C27H35N3O4S. The molecule has 2 amide bonds. The number of carbonyl (C=O) groups is 3. The largest absolute Gasteiger partial charge is 0.462 e. The highest BCUT2D eigenvalue weighted by Crippen LogP contribution is 2.61. The number of esters is 1. The molecule has 5 fully saturated rings. The first-order valence-electron chi connectivity index (χ1n) is 12.9. The van der Waals surface area contributed by atoms with Crippen LogP contribution >= 0.6 is 11.8 Å². The lowest BCUT2D eigenvalue weighted by Gasteiger charge is -2.57. The summed E-state index contributed by atoms with van der Waals surface area (Å²) in [5.41, 5.74) is 1.47. The van der Waals surface area contributed by atoms with Crippen LogP contribution in [0.25, 0.3) is 0 Å². The number of rotatable bonds is 7. The molecule has 35 heavy (non-hydrogen) atoms. The summed E-state index contributed by atoms with van der Waals surface area (Å²) >= 11 is 1.36. The summed E-state index contributed by atoms with van der Waals surface area (Å²) in [4.78, 5) is 44.2. The molecule has 1 N–H and O–H groups in total. The second kappa shape index (κ2) is 9.96. The highest BCUT2D eigenvalue weighted by molar-refractivity contribution is 8.15. The molecule has 1 saturated heterocycles. The number of hydrogen-bond donors (Lipinski definition) is 1. The first kappa shape index (κ1) is 24.3. The Morgan fingerprint density at radius 1 is 1.11 bits per heavy atom. The lowest BCUT2D eigenvalue weighted by atomic mass is 9.49. The normalized spacial score (nSPS) is 32.7. The number of nitrogens with one attached hydrogen (secondary N) is 1. The minimum Gasteiger partial charge on any atom is -0.462 e. The van der Waals surface area contributed by atoms with Crippen LogP contribution in [0.2, 0.25) is 0 Å². The third-order valence-corrected chi connectivity index (χ3v) is 9.50. The molecule has 0 radical (unpaired) electrons. The Kier molecular flexibility index (Phi) is 6.93. The number of thioether (sulfide) groups is 1. The molecule has 1 aromatic carbocycles. The van der Waals surface area contributed by atoms with Crippen LogP contribution in [0.4, 0.5) is 5.69 Å². The van der Waals surface area contributed by atoms with Crippen molar-refractivity contribution in [1.82, 2.24) is 10.2 Å². The van der Waals surface area contributed by atoms with Crippen LogP contribution < -0.4 is 5.32 Å². The van der Waals surface area contributed by atoms with Crippen molar-refractivity contribution in [2.75, 3.05) is 20.2 Å². The summed E-state index contributed by atoms with van der Waals surface area (Å²) in [7, 11) is 1.59. The van der Waals surface area contributed by atoms with Gasteiger partial charge in [-0.1, -0.05) is 11.8 Å². The van der Waals surface area contributed by atoms with E-state index in [1.54, 1.807) is 38.2 Å². The van der Waals surface area contributed by atoms with E-state index < -0.39 is 5.25 Å². The zero-order valence-corrected chi connectivity index (χ0v) is 21.4. The summed E-state index contributed by atoms with van der Waals surface area (Å²) in [6.45, 7) is 2.75. The summed E-state index contributed by atoms with van der Waals surface area (Å²) in [5.74, 6) is 2.05. The average molecular weight is 498 g/mol. The number of amidine groups is 1. The SMILES string of the molecule is CCOC(=O)c1ccc(N=C2S[C@H](C(=O)NC)CC(=O)N2CCC23CC4CC(CC(C4)C2)C3)cc1. The molecule has 1 heterocycles.